The van der Waals surface area contributed by atoms with E-state index in [4.69, 9.17) is 11.6 Å². The molecule has 0 aliphatic carbocycles. The van der Waals surface area contributed by atoms with Crippen molar-refractivity contribution in [2.75, 3.05) is 26.2 Å². The van der Waals surface area contributed by atoms with E-state index in [1.165, 1.54) is 0 Å². The molecule has 0 spiro atoms. The summed E-state index contributed by atoms with van der Waals surface area (Å²) in [5, 5.41) is 9.96. The van der Waals surface area contributed by atoms with Crippen molar-refractivity contribution < 1.29 is 9.90 Å². The van der Waals surface area contributed by atoms with Gasteiger partial charge in [0.1, 0.15) is 10.8 Å². The van der Waals surface area contributed by atoms with Gasteiger partial charge in [-0.2, -0.15) is 0 Å². The van der Waals surface area contributed by atoms with Crippen molar-refractivity contribution in [2.24, 2.45) is 7.05 Å². The Morgan fingerprint density at radius 2 is 1.90 bits per heavy atom. The van der Waals surface area contributed by atoms with Crippen molar-refractivity contribution >= 4 is 17.6 Å². The van der Waals surface area contributed by atoms with E-state index in [2.05, 4.69) is 30.7 Å². The average Bonchev–Trinajstić information content (AvgIpc) is 2.71. The van der Waals surface area contributed by atoms with Crippen LogP contribution in [-0.4, -0.2) is 62.1 Å². The largest absolute Gasteiger partial charge is 0.480 e. The van der Waals surface area contributed by atoms with Gasteiger partial charge in [0.15, 0.2) is 6.04 Å². The Bertz CT molecular complexity index is 516. The summed E-state index contributed by atoms with van der Waals surface area (Å²) in [6.45, 7) is 9.60. The molecule has 2 rings (SSSR count). The lowest BCUT2D eigenvalue weighted by molar-refractivity contribution is -0.144. The van der Waals surface area contributed by atoms with E-state index >= 15 is 0 Å². The lowest BCUT2D eigenvalue weighted by atomic mass is 10.0. The minimum absolute atomic E-state index is 0.105. The summed E-state index contributed by atoms with van der Waals surface area (Å²) >= 11 is 6.17. The summed E-state index contributed by atoms with van der Waals surface area (Å²) in [7, 11) is 1.76. The molecule has 0 saturated carbocycles. The standard InChI is InChI=1S/C14H23ClN4O2/c1-14(2,3)19-7-5-18(6-8-19)11(13(20)21)10-12(15)17(4)9-16-10/h9,11H,5-8H2,1-4H3,(H,20,21). The summed E-state index contributed by atoms with van der Waals surface area (Å²) in [6.07, 6.45) is 1.55. The van der Waals surface area contributed by atoms with Gasteiger partial charge in [-0.25, -0.2) is 4.98 Å². The maximum atomic E-state index is 11.7. The third kappa shape index (κ3) is 3.39. The molecule has 1 fully saturated rings. The highest BCUT2D eigenvalue weighted by Gasteiger charge is 2.35. The number of imidazole rings is 1. The fraction of sp³-hybridized carbons (Fsp3) is 0.714. The van der Waals surface area contributed by atoms with Crippen LogP contribution in [0.5, 0.6) is 0 Å². The molecule has 1 aromatic heterocycles. The van der Waals surface area contributed by atoms with Crippen LogP contribution in [0.25, 0.3) is 0 Å². The molecule has 1 aromatic rings. The second-order valence-corrected chi connectivity index (χ2v) is 6.82. The third-order valence-corrected chi connectivity index (χ3v) is 4.47. The smallest absolute Gasteiger partial charge is 0.327 e. The summed E-state index contributed by atoms with van der Waals surface area (Å²) in [4.78, 5) is 20.2. The summed E-state index contributed by atoms with van der Waals surface area (Å²) < 4.78 is 1.64. The number of carboxylic acids is 1. The zero-order chi connectivity index (χ0) is 15.8. The van der Waals surface area contributed by atoms with Crippen molar-refractivity contribution in [3.8, 4) is 0 Å². The predicted molar refractivity (Wildman–Crippen MR) is 81.5 cm³/mol. The molecule has 118 valence electrons. The highest BCUT2D eigenvalue weighted by atomic mass is 35.5. The van der Waals surface area contributed by atoms with Crippen molar-refractivity contribution in [1.29, 1.82) is 0 Å². The van der Waals surface area contributed by atoms with Crippen molar-refractivity contribution in [3.63, 3.8) is 0 Å². The molecule has 1 saturated heterocycles. The van der Waals surface area contributed by atoms with Crippen LogP contribution in [0, 0.1) is 0 Å². The Hall–Kier alpha value is -1.11. The van der Waals surface area contributed by atoms with Gasteiger partial charge in [-0.15, -0.1) is 0 Å². The highest BCUT2D eigenvalue weighted by molar-refractivity contribution is 6.30. The van der Waals surface area contributed by atoms with E-state index < -0.39 is 12.0 Å². The molecule has 1 aliphatic heterocycles. The molecule has 21 heavy (non-hydrogen) atoms. The van der Waals surface area contributed by atoms with E-state index in [1.807, 2.05) is 4.90 Å². The Kier molecular flexibility index (Phi) is 4.60. The second-order valence-electron chi connectivity index (χ2n) is 6.47. The van der Waals surface area contributed by atoms with Gasteiger partial charge in [-0.1, -0.05) is 11.6 Å². The lowest BCUT2D eigenvalue weighted by Gasteiger charge is -2.43. The Balaban J connectivity index is 2.15. The van der Waals surface area contributed by atoms with Gasteiger partial charge in [0, 0.05) is 38.8 Å². The maximum absolute atomic E-state index is 11.7. The first-order valence-electron chi connectivity index (χ1n) is 7.10. The Morgan fingerprint density at radius 1 is 1.33 bits per heavy atom. The first-order valence-corrected chi connectivity index (χ1v) is 7.48. The number of nitrogens with zero attached hydrogens (tertiary/aromatic N) is 4. The normalized spacial score (nSPS) is 19.7. The molecule has 6 nitrogen and oxygen atoms in total. The van der Waals surface area contributed by atoms with Crippen LogP contribution < -0.4 is 0 Å². The van der Waals surface area contributed by atoms with Crippen LogP contribution in [0.15, 0.2) is 6.33 Å². The summed E-state index contributed by atoms with van der Waals surface area (Å²) in [6, 6.07) is -0.777. The van der Waals surface area contributed by atoms with Crippen LogP contribution in [0.3, 0.4) is 0 Å². The fourth-order valence-electron chi connectivity index (χ4n) is 2.71. The molecule has 1 aliphatic rings. The van der Waals surface area contributed by atoms with Gasteiger partial charge in [0.2, 0.25) is 0 Å². The first-order chi connectivity index (χ1) is 9.71. The number of aliphatic carboxylic acids is 1. The Morgan fingerprint density at radius 3 is 2.29 bits per heavy atom. The topological polar surface area (TPSA) is 61.6 Å². The number of halogens is 1. The minimum atomic E-state index is -0.903. The number of carboxylic acid groups (broad SMARTS) is 1. The van der Waals surface area contributed by atoms with Gasteiger partial charge in [-0.05, 0) is 20.8 Å². The summed E-state index contributed by atoms with van der Waals surface area (Å²) in [5.41, 5.74) is 0.531. The van der Waals surface area contributed by atoms with Gasteiger partial charge >= 0.3 is 5.97 Å². The predicted octanol–water partition coefficient (Wildman–Crippen LogP) is 1.62. The molecular formula is C14H23ClN4O2. The number of carbonyl (C=O) groups is 1. The van der Waals surface area contributed by atoms with E-state index in [0.29, 0.717) is 23.9 Å². The molecule has 2 heterocycles. The number of hydrogen-bond acceptors (Lipinski definition) is 4. The molecule has 1 unspecified atom stereocenters. The SMILES string of the molecule is Cn1cnc(C(C(=O)O)N2CCN(C(C)(C)C)CC2)c1Cl. The quantitative estimate of drug-likeness (QED) is 0.918. The van der Waals surface area contributed by atoms with Gasteiger partial charge in [0.05, 0.1) is 6.33 Å². The summed E-state index contributed by atoms with van der Waals surface area (Å²) in [5.74, 6) is -0.903. The van der Waals surface area contributed by atoms with E-state index in [-0.39, 0.29) is 5.54 Å². The van der Waals surface area contributed by atoms with E-state index in [1.54, 1.807) is 17.9 Å². The Labute approximate surface area is 130 Å². The lowest BCUT2D eigenvalue weighted by Crippen LogP contribution is -2.54. The number of rotatable bonds is 3. The van der Waals surface area contributed by atoms with E-state index in [0.717, 1.165) is 13.1 Å². The zero-order valence-electron chi connectivity index (χ0n) is 13.0. The molecule has 1 N–H and O–H groups in total. The number of aromatic nitrogens is 2. The molecule has 7 heteroatoms. The maximum Gasteiger partial charge on any atom is 0.327 e. The molecule has 0 amide bonds. The highest BCUT2D eigenvalue weighted by Crippen LogP contribution is 2.28. The first kappa shape index (κ1) is 16.3. The molecule has 0 aromatic carbocycles. The van der Waals surface area contributed by atoms with Gasteiger partial charge in [-0.3, -0.25) is 14.6 Å². The monoisotopic (exact) mass is 314 g/mol. The van der Waals surface area contributed by atoms with Crippen LogP contribution in [0.4, 0.5) is 0 Å². The van der Waals surface area contributed by atoms with Crippen molar-refractivity contribution in [1.82, 2.24) is 19.4 Å². The minimum Gasteiger partial charge on any atom is -0.480 e. The molecule has 1 atom stereocenters. The second kappa shape index (κ2) is 5.94. The third-order valence-electron chi connectivity index (χ3n) is 4.01. The average molecular weight is 315 g/mol. The van der Waals surface area contributed by atoms with E-state index in [9.17, 15) is 9.90 Å². The number of hydrogen-bond donors (Lipinski definition) is 1. The van der Waals surface area contributed by atoms with Crippen molar-refractivity contribution in [2.45, 2.75) is 32.4 Å². The van der Waals surface area contributed by atoms with Crippen LogP contribution in [-0.2, 0) is 11.8 Å². The van der Waals surface area contributed by atoms with Gasteiger partial charge in [0.25, 0.3) is 0 Å². The number of aryl methyl sites for hydroxylation is 1. The van der Waals surface area contributed by atoms with Gasteiger partial charge < -0.3 is 9.67 Å². The van der Waals surface area contributed by atoms with Crippen LogP contribution >= 0.6 is 11.6 Å². The van der Waals surface area contributed by atoms with Crippen LogP contribution in [0.1, 0.15) is 32.5 Å². The molecule has 0 radical (unpaired) electrons. The molecule has 0 bridgehead atoms. The van der Waals surface area contributed by atoms with Crippen LogP contribution in [0.2, 0.25) is 5.15 Å². The zero-order valence-corrected chi connectivity index (χ0v) is 13.8. The molecular weight excluding hydrogens is 292 g/mol. The van der Waals surface area contributed by atoms with Crippen molar-refractivity contribution in [3.05, 3.63) is 17.2 Å². The number of piperazine rings is 1. The fourth-order valence-corrected chi connectivity index (χ4v) is 2.91.